The molecule has 4 nitrogen and oxygen atoms in total. The second-order valence-corrected chi connectivity index (χ2v) is 5.65. The van der Waals surface area contributed by atoms with E-state index in [9.17, 15) is 4.79 Å². The minimum atomic E-state index is -0.187. The van der Waals surface area contributed by atoms with Gasteiger partial charge in [-0.15, -0.1) is 0 Å². The molecule has 24 heavy (non-hydrogen) atoms. The zero-order valence-corrected chi connectivity index (χ0v) is 14.5. The second kappa shape index (κ2) is 8.20. The summed E-state index contributed by atoms with van der Waals surface area (Å²) in [7, 11) is 3.16. The fraction of sp³-hybridized carbons (Fsp3) is 0.250. The van der Waals surface area contributed by atoms with Crippen molar-refractivity contribution in [2.45, 2.75) is 19.8 Å². The number of benzene rings is 2. The maximum absolute atomic E-state index is 12.2. The first kappa shape index (κ1) is 17.6. The van der Waals surface area contributed by atoms with Crippen LogP contribution in [0.25, 0.3) is 6.08 Å². The molecule has 1 N–H and O–H groups in total. The van der Waals surface area contributed by atoms with Gasteiger partial charge in [-0.05, 0) is 29.7 Å². The Hall–Kier alpha value is -2.75. The van der Waals surface area contributed by atoms with E-state index in [1.165, 1.54) is 6.08 Å². The summed E-state index contributed by atoms with van der Waals surface area (Å²) in [5, 5.41) is 2.93. The van der Waals surface area contributed by atoms with E-state index in [1.807, 2.05) is 42.5 Å². The fourth-order valence-corrected chi connectivity index (χ4v) is 2.50. The van der Waals surface area contributed by atoms with Crippen LogP contribution in [-0.2, 0) is 4.79 Å². The molecule has 126 valence electrons. The Morgan fingerprint density at radius 2 is 1.79 bits per heavy atom. The van der Waals surface area contributed by atoms with Gasteiger partial charge in [0.25, 0.3) is 0 Å². The fourth-order valence-electron chi connectivity index (χ4n) is 2.50. The van der Waals surface area contributed by atoms with Crippen LogP contribution in [0.2, 0.25) is 0 Å². The largest absolute Gasteiger partial charge is 0.493 e. The molecule has 4 heteroatoms. The summed E-state index contributed by atoms with van der Waals surface area (Å²) in [6.45, 7) is 4.20. The normalized spacial score (nSPS) is 10.9. The highest BCUT2D eigenvalue weighted by Gasteiger charge is 2.09. The highest BCUT2D eigenvalue weighted by molar-refractivity contribution is 6.02. The number of carbonyl (C=O) groups excluding carboxylic acids is 1. The van der Waals surface area contributed by atoms with Crippen LogP contribution in [-0.4, -0.2) is 20.1 Å². The van der Waals surface area contributed by atoms with Crippen LogP contribution < -0.4 is 14.8 Å². The van der Waals surface area contributed by atoms with E-state index in [0.29, 0.717) is 17.4 Å². The van der Waals surface area contributed by atoms with Crippen LogP contribution in [0.4, 0.5) is 5.69 Å². The Balaban J connectivity index is 2.18. The van der Waals surface area contributed by atoms with Crippen molar-refractivity contribution in [2.75, 3.05) is 19.5 Å². The number of hydrogen-bond acceptors (Lipinski definition) is 3. The molecule has 0 spiro atoms. The van der Waals surface area contributed by atoms with Gasteiger partial charge in [-0.25, -0.2) is 0 Å². The lowest BCUT2D eigenvalue weighted by Crippen LogP contribution is -2.10. The molecule has 0 aromatic heterocycles. The molecule has 2 rings (SSSR count). The molecular formula is C20H23NO3. The smallest absolute Gasteiger partial charge is 0.248 e. The maximum Gasteiger partial charge on any atom is 0.248 e. The molecule has 0 aliphatic rings. The first-order chi connectivity index (χ1) is 11.6. The number of amides is 1. The molecule has 2 aromatic carbocycles. The number of methoxy groups -OCH3 is 2. The molecule has 0 atom stereocenters. The van der Waals surface area contributed by atoms with Gasteiger partial charge in [0.2, 0.25) is 5.91 Å². The van der Waals surface area contributed by atoms with Crippen molar-refractivity contribution < 1.29 is 14.3 Å². The monoisotopic (exact) mass is 325 g/mol. The van der Waals surface area contributed by atoms with E-state index in [4.69, 9.17) is 9.47 Å². The van der Waals surface area contributed by atoms with Gasteiger partial charge in [-0.2, -0.15) is 0 Å². The predicted octanol–water partition coefficient (Wildman–Crippen LogP) is 4.48. The predicted molar refractivity (Wildman–Crippen MR) is 97.7 cm³/mol. The summed E-state index contributed by atoms with van der Waals surface area (Å²) < 4.78 is 10.6. The standard InChI is InChI=1S/C20H23NO3/c1-14(2)16-9-5-6-10-17(16)21-19(22)13-12-15-8-7-11-18(23-3)20(15)24-4/h5-14H,1-4H3,(H,21,22)/b13-12+. The van der Waals surface area contributed by atoms with E-state index >= 15 is 0 Å². The molecule has 0 saturated heterocycles. The number of rotatable bonds is 6. The molecule has 0 radical (unpaired) electrons. The molecular weight excluding hydrogens is 302 g/mol. The first-order valence-corrected chi connectivity index (χ1v) is 7.85. The van der Waals surface area contributed by atoms with Crippen molar-refractivity contribution in [2.24, 2.45) is 0 Å². The average molecular weight is 325 g/mol. The van der Waals surface area contributed by atoms with E-state index < -0.39 is 0 Å². The summed E-state index contributed by atoms with van der Waals surface area (Å²) in [5.41, 5.74) is 2.72. The SMILES string of the molecule is COc1cccc(/C=C/C(=O)Nc2ccccc2C(C)C)c1OC. The topological polar surface area (TPSA) is 47.6 Å². The lowest BCUT2D eigenvalue weighted by atomic mass is 10.0. The van der Waals surface area contributed by atoms with Crippen molar-refractivity contribution >= 4 is 17.7 Å². The number of nitrogens with one attached hydrogen (secondary N) is 1. The summed E-state index contributed by atoms with van der Waals surface area (Å²) >= 11 is 0. The number of hydrogen-bond donors (Lipinski definition) is 1. The third-order valence-corrected chi connectivity index (χ3v) is 3.69. The molecule has 0 saturated carbocycles. The van der Waals surface area contributed by atoms with E-state index in [0.717, 1.165) is 16.8 Å². The molecule has 0 aliphatic heterocycles. The van der Waals surface area contributed by atoms with Crippen LogP contribution >= 0.6 is 0 Å². The lowest BCUT2D eigenvalue weighted by Gasteiger charge is -2.12. The maximum atomic E-state index is 12.2. The highest BCUT2D eigenvalue weighted by Crippen LogP contribution is 2.31. The summed E-state index contributed by atoms with van der Waals surface area (Å²) in [6.07, 6.45) is 3.21. The second-order valence-electron chi connectivity index (χ2n) is 5.65. The van der Waals surface area contributed by atoms with Gasteiger partial charge in [-0.3, -0.25) is 4.79 Å². The van der Waals surface area contributed by atoms with Crippen molar-refractivity contribution in [3.05, 3.63) is 59.7 Å². The van der Waals surface area contributed by atoms with Crippen molar-refractivity contribution in [3.63, 3.8) is 0 Å². The molecule has 2 aromatic rings. The Bertz CT molecular complexity index is 735. The molecule has 1 amide bonds. The third kappa shape index (κ3) is 4.16. The average Bonchev–Trinajstić information content (AvgIpc) is 2.59. The van der Waals surface area contributed by atoms with E-state index in [2.05, 4.69) is 19.2 Å². The Kier molecular flexibility index (Phi) is 6.01. The zero-order valence-electron chi connectivity index (χ0n) is 14.5. The third-order valence-electron chi connectivity index (χ3n) is 3.69. The van der Waals surface area contributed by atoms with E-state index in [1.54, 1.807) is 20.3 Å². The minimum Gasteiger partial charge on any atom is -0.493 e. The molecule has 0 bridgehead atoms. The van der Waals surface area contributed by atoms with Gasteiger partial charge in [0, 0.05) is 17.3 Å². The van der Waals surface area contributed by atoms with Crippen LogP contribution in [0, 0.1) is 0 Å². The Morgan fingerprint density at radius 1 is 1.04 bits per heavy atom. The molecule has 0 fully saturated rings. The number of anilines is 1. The lowest BCUT2D eigenvalue weighted by molar-refractivity contribution is -0.111. The van der Waals surface area contributed by atoms with Crippen molar-refractivity contribution in [3.8, 4) is 11.5 Å². The number of carbonyl (C=O) groups is 1. The van der Waals surface area contributed by atoms with Crippen LogP contribution in [0.3, 0.4) is 0 Å². The zero-order chi connectivity index (χ0) is 17.5. The summed E-state index contributed by atoms with van der Waals surface area (Å²) in [5.74, 6) is 1.38. The number of para-hydroxylation sites is 2. The van der Waals surface area contributed by atoms with Crippen LogP contribution in [0.1, 0.15) is 30.9 Å². The summed E-state index contributed by atoms with van der Waals surface area (Å²) in [6, 6.07) is 13.4. The summed E-state index contributed by atoms with van der Waals surface area (Å²) in [4.78, 5) is 12.2. The van der Waals surface area contributed by atoms with E-state index in [-0.39, 0.29) is 5.91 Å². The first-order valence-electron chi connectivity index (χ1n) is 7.85. The molecule has 0 heterocycles. The van der Waals surface area contributed by atoms with Gasteiger partial charge in [0.1, 0.15) is 0 Å². The van der Waals surface area contributed by atoms with Gasteiger partial charge in [0.15, 0.2) is 11.5 Å². The van der Waals surface area contributed by atoms with Crippen LogP contribution in [0.5, 0.6) is 11.5 Å². The Morgan fingerprint density at radius 3 is 2.46 bits per heavy atom. The van der Waals surface area contributed by atoms with Gasteiger partial charge < -0.3 is 14.8 Å². The molecule has 0 unspecified atom stereocenters. The highest BCUT2D eigenvalue weighted by atomic mass is 16.5. The van der Waals surface area contributed by atoms with Gasteiger partial charge in [0.05, 0.1) is 14.2 Å². The quantitative estimate of drug-likeness (QED) is 0.797. The van der Waals surface area contributed by atoms with Crippen molar-refractivity contribution in [1.82, 2.24) is 0 Å². The van der Waals surface area contributed by atoms with Gasteiger partial charge >= 0.3 is 0 Å². The Labute approximate surface area is 143 Å². The van der Waals surface area contributed by atoms with Crippen molar-refractivity contribution in [1.29, 1.82) is 0 Å². The van der Waals surface area contributed by atoms with Gasteiger partial charge in [-0.1, -0.05) is 44.2 Å². The van der Waals surface area contributed by atoms with Crippen LogP contribution in [0.15, 0.2) is 48.5 Å². The molecule has 0 aliphatic carbocycles. The number of ether oxygens (including phenoxy) is 2. The minimum absolute atomic E-state index is 0.187.